The first kappa shape index (κ1) is 16.3. The molecule has 0 radical (unpaired) electrons. The van der Waals surface area contributed by atoms with Crippen LogP contribution in [0.2, 0.25) is 0 Å². The fourth-order valence-electron chi connectivity index (χ4n) is 1.99. The van der Waals surface area contributed by atoms with Gasteiger partial charge in [0.1, 0.15) is 5.75 Å². The molecule has 0 spiro atoms. The van der Waals surface area contributed by atoms with Crippen LogP contribution in [0.25, 0.3) is 6.08 Å². The van der Waals surface area contributed by atoms with E-state index >= 15 is 0 Å². The Balaban J connectivity index is 2.63. The third-order valence-corrected chi connectivity index (χ3v) is 2.91. The molecule has 1 aromatic carbocycles. The zero-order valence-electron chi connectivity index (χ0n) is 12.8. The van der Waals surface area contributed by atoms with Gasteiger partial charge in [-0.25, -0.2) is 0 Å². The summed E-state index contributed by atoms with van der Waals surface area (Å²) in [6.45, 7) is 8.44. The highest BCUT2D eigenvalue weighted by Crippen LogP contribution is 2.13. The molecule has 0 bridgehead atoms. The highest BCUT2D eigenvalue weighted by Gasteiger charge is 2.07. The third kappa shape index (κ3) is 5.47. The van der Waals surface area contributed by atoms with E-state index in [2.05, 4.69) is 13.8 Å². The zero-order valence-corrected chi connectivity index (χ0v) is 12.8. The first-order valence-electron chi connectivity index (χ1n) is 7.41. The molecule has 0 aliphatic rings. The number of hydrogen-bond donors (Lipinski definition) is 0. The molecular weight excluding hydrogens is 250 g/mol. The minimum atomic E-state index is 0.0857. The van der Waals surface area contributed by atoms with Crippen LogP contribution in [0.1, 0.15) is 39.2 Å². The summed E-state index contributed by atoms with van der Waals surface area (Å²) in [4.78, 5) is 14.0. The van der Waals surface area contributed by atoms with Crippen LogP contribution in [0.15, 0.2) is 30.3 Å². The smallest absolute Gasteiger partial charge is 0.246 e. The first-order chi connectivity index (χ1) is 9.71. The molecule has 0 aliphatic heterocycles. The summed E-state index contributed by atoms with van der Waals surface area (Å²) < 4.78 is 5.39. The van der Waals surface area contributed by atoms with Crippen molar-refractivity contribution in [3.63, 3.8) is 0 Å². The highest BCUT2D eigenvalue weighted by molar-refractivity contribution is 5.91. The maximum absolute atomic E-state index is 12.1. The molecular formula is C17H25NO2. The molecule has 0 aromatic heterocycles. The average molecular weight is 275 g/mol. The van der Waals surface area contributed by atoms with Gasteiger partial charge in [0.25, 0.3) is 0 Å². The predicted octanol–water partition coefficient (Wildman–Crippen LogP) is 3.75. The second-order valence-corrected chi connectivity index (χ2v) is 4.66. The first-order valence-corrected chi connectivity index (χ1v) is 7.41. The summed E-state index contributed by atoms with van der Waals surface area (Å²) in [7, 11) is 0. The number of carbonyl (C=O) groups excluding carboxylic acids is 1. The maximum Gasteiger partial charge on any atom is 0.246 e. The van der Waals surface area contributed by atoms with Gasteiger partial charge >= 0.3 is 0 Å². The normalized spacial score (nSPS) is 10.8. The number of ether oxygens (including phenoxy) is 1. The van der Waals surface area contributed by atoms with Gasteiger partial charge in [-0.05, 0) is 43.5 Å². The minimum Gasteiger partial charge on any atom is -0.494 e. The molecule has 0 saturated heterocycles. The largest absolute Gasteiger partial charge is 0.494 e. The molecule has 1 rings (SSSR count). The maximum atomic E-state index is 12.1. The van der Waals surface area contributed by atoms with Crippen molar-refractivity contribution in [3.8, 4) is 5.75 Å². The van der Waals surface area contributed by atoms with E-state index in [9.17, 15) is 4.79 Å². The van der Waals surface area contributed by atoms with Gasteiger partial charge in [-0.3, -0.25) is 4.79 Å². The summed E-state index contributed by atoms with van der Waals surface area (Å²) >= 11 is 0. The van der Waals surface area contributed by atoms with Crippen molar-refractivity contribution in [1.29, 1.82) is 0 Å². The van der Waals surface area contributed by atoms with Gasteiger partial charge < -0.3 is 9.64 Å². The van der Waals surface area contributed by atoms with E-state index in [1.807, 2.05) is 42.2 Å². The predicted molar refractivity (Wildman–Crippen MR) is 83.8 cm³/mol. The van der Waals surface area contributed by atoms with E-state index in [0.717, 1.165) is 37.2 Å². The minimum absolute atomic E-state index is 0.0857. The average Bonchev–Trinajstić information content (AvgIpc) is 2.46. The van der Waals surface area contributed by atoms with E-state index < -0.39 is 0 Å². The number of nitrogens with zero attached hydrogens (tertiary/aromatic N) is 1. The fourth-order valence-corrected chi connectivity index (χ4v) is 1.99. The Kier molecular flexibility index (Phi) is 7.48. The van der Waals surface area contributed by atoms with E-state index in [4.69, 9.17) is 4.74 Å². The topological polar surface area (TPSA) is 29.5 Å². The zero-order chi connectivity index (χ0) is 14.8. The number of benzene rings is 1. The molecule has 110 valence electrons. The Labute approximate surface area is 122 Å². The third-order valence-electron chi connectivity index (χ3n) is 2.91. The molecule has 1 aromatic rings. The van der Waals surface area contributed by atoms with Crippen molar-refractivity contribution in [2.75, 3.05) is 19.7 Å². The second kappa shape index (κ2) is 9.18. The van der Waals surface area contributed by atoms with Crippen molar-refractivity contribution in [1.82, 2.24) is 4.90 Å². The summed E-state index contributed by atoms with van der Waals surface area (Å²) in [5, 5.41) is 0. The Morgan fingerprint density at radius 2 is 1.70 bits per heavy atom. The molecule has 0 saturated carbocycles. The van der Waals surface area contributed by atoms with Crippen LogP contribution < -0.4 is 4.74 Å². The Hall–Kier alpha value is -1.77. The quantitative estimate of drug-likeness (QED) is 0.676. The van der Waals surface area contributed by atoms with Crippen molar-refractivity contribution in [2.24, 2.45) is 0 Å². The van der Waals surface area contributed by atoms with Crippen molar-refractivity contribution < 1.29 is 9.53 Å². The van der Waals surface area contributed by atoms with Crippen LogP contribution in [0.4, 0.5) is 0 Å². The van der Waals surface area contributed by atoms with Gasteiger partial charge in [0.15, 0.2) is 0 Å². The summed E-state index contributed by atoms with van der Waals surface area (Å²) in [6.07, 6.45) is 5.49. The van der Waals surface area contributed by atoms with E-state index in [1.54, 1.807) is 6.08 Å². The number of amides is 1. The van der Waals surface area contributed by atoms with Crippen LogP contribution in [-0.4, -0.2) is 30.5 Å². The van der Waals surface area contributed by atoms with Gasteiger partial charge in [-0.15, -0.1) is 0 Å². The molecule has 3 heteroatoms. The lowest BCUT2D eigenvalue weighted by Crippen LogP contribution is -2.30. The highest BCUT2D eigenvalue weighted by atomic mass is 16.5. The molecule has 0 atom stereocenters. The molecule has 0 N–H and O–H groups in total. The molecule has 3 nitrogen and oxygen atoms in total. The molecule has 1 amide bonds. The van der Waals surface area contributed by atoms with Gasteiger partial charge in [-0.1, -0.05) is 26.0 Å². The van der Waals surface area contributed by atoms with Gasteiger partial charge in [0, 0.05) is 19.2 Å². The van der Waals surface area contributed by atoms with Crippen molar-refractivity contribution >= 4 is 12.0 Å². The van der Waals surface area contributed by atoms with Gasteiger partial charge in [0.05, 0.1) is 6.61 Å². The SMILES string of the molecule is CCCN(CCC)C(=O)/C=C/c1ccc(OCC)cc1. The monoisotopic (exact) mass is 275 g/mol. The Morgan fingerprint density at radius 1 is 1.10 bits per heavy atom. The van der Waals surface area contributed by atoms with E-state index in [-0.39, 0.29) is 5.91 Å². The van der Waals surface area contributed by atoms with E-state index in [0.29, 0.717) is 6.61 Å². The molecule has 0 fully saturated rings. The number of carbonyl (C=O) groups is 1. The molecule has 0 unspecified atom stereocenters. The lowest BCUT2D eigenvalue weighted by Gasteiger charge is -2.19. The fraction of sp³-hybridized carbons (Fsp3) is 0.471. The number of rotatable bonds is 8. The Morgan fingerprint density at radius 3 is 2.20 bits per heavy atom. The van der Waals surface area contributed by atoms with Crippen LogP contribution in [0.3, 0.4) is 0 Å². The van der Waals surface area contributed by atoms with Gasteiger partial charge in [0.2, 0.25) is 5.91 Å². The van der Waals surface area contributed by atoms with E-state index in [1.165, 1.54) is 0 Å². The summed E-state index contributed by atoms with van der Waals surface area (Å²) in [6, 6.07) is 7.75. The van der Waals surface area contributed by atoms with Crippen LogP contribution in [-0.2, 0) is 4.79 Å². The molecule has 20 heavy (non-hydrogen) atoms. The lowest BCUT2D eigenvalue weighted by molar-refractivity contribution is -0.126. The Bertz CT molecular complexity index is 417. The van der Waals surface area contributed by atoms with Crippen molar-refractivity contribution in [2.45, 2.75) is 33.6 Å². The van der Waals surface area contributed by atoms with Crippen LogP contribution >= 0.6 is 0 Å². The molecule has 0 heterocycles. The van der Waals surface area contributed by atoms with Crippen LogP contribution in [0, 0.1) is 0 Å². The number of hydrogen-bond acceptors (Lipinski definition) is 2. The van der Waals surface area contributed by atoms with Crippen LogP contribution in [0.5, 0.6) is 5.75 Å². The lowest BCUT2D eigenvalue weighted by atomic mass is 10.2. The standard InChI is InChI=1S/C17H25NO2/c1-4-13-18(14-5-2)17(19)12-9-15-7-10-16(11-8-15)20-6-3/h7-12H,4-6,13-14H2,1-3H3/b12-9+. The van der Waals surface area contributed by atoms with Gasteiger partial charge in [-0.2, -0.15) is 0 Å². The summed E-state index contributed by atoms with van der Waals surface area (Å²) in [5.74, 6) is 0.942. The summed E-state index contributed by atoms with van der Waals surface area (Å²) in [5.41, 5.74) is 1.01. The van der Waals surface area contributed by atoms with Crippen molar-refractivity contribution in [3.05, 3.63) is 35.9 Å². The molecule has 0 aliphatic carbocycles. The second-order valence-electron chi connectivity index (χ2n) is 4.66.